The number of aromatic nitrogens is 2. The Morgan fingerprint density at radius 2 is 2.00 bits per heavy atom. The monoisotopic (exact) mass is 272 g/mol. The van der Waals surface area contributed by atoms with E-state index in [1.165, 1.54) is 6.07 Å². The average molecular weight is 273 g/mol. The van der Waals surface area contributed by atoms with Crippen LogP contribution in [-0.4, -0.2) is 9.78 Å². The van der Waals surface area contributed by atoms with Gasteiger partial charge in [-0.1, -0.05) is 13.8 Å². The molecule has 0 atom stereocenters. The summed E-state index contributed by atoms with van der Waals surface area (Å²) in [5.74, 6) is -0.238. The number of nitrogens with zero attached hydrogens (tertiary/aromatic N) is 2. The molecule has 0 saturated carbocycles. The minimum Gasteiger partial charge on any atom is -0.268 e. The van der Waals surface area contributed by atoms with Crippen LogP contribution in [0, 0.1) is 12.7 Å². The van der Waals surface area contributed by atoms with E-state index in [1.54, 1.807) is 10.9 Å². The van der Waals surface area contributed by atoms with E-state index in [2.05, 4.69) is 21.0 Å². The molecular weight excluding hydrogens is 259 g/mol. The molecule has 1 aromatic heterocycles. The second-order valence-electron chi connectivity index (χ2n) is 3.02. The summed E-state index contributed by atoms with van der Waals surface area (Å²) in [6.45, 7) is 5.87. The van der Waals surface area contributed by atoms with Gasteiger partial charge in [-0.05, 0) is 34.5 Å². The molecule has 82 valence electrons. The van der Waals surface area contributed by atoms with Crippen molar-refractivity contribution in [2.75, 3.05) is 0 Å². The maximum atomic E-state index is 13.2. The van der Waals surface area contributed by atoms with E-state index in [0.29, 0.717) is 4.47 Å². The fourth-order valence-corrected chi connectivity index (χ4v) is 1.92. The first-order chi connectivity index (χ1) is 7.11. The second-order valence-corrected chi connectivity index (χ2v) is 3.81. The third-order valence-corrected chi connectivity index (χ3v) is 2.91. The summed E-state index contributed by atoms with van der Waals surface area (Å²) >= 11 is 3.20. The van der Waals surface area contributed by atoms with Gasteiger partial charge in [0.05, 0.1) is 16.2 Å². The van der Waals surface area contributed by atoms with Crippen molar-refractivity contribution in [2.24, 2.45) is 7.05 Å². The van der Waals surface area contributed by atoms with Crippen LogP contribution in [0.15, 0.2) is 16.7 Å². The van der Waals surface area contributed by atoms with Crippen LogP contribution < -0.4 is 0 Å². The highest BCUT2D eigenvalue weighted by Crippen LogP contribution is 2.28. The van der Waals surface area contributed by atoms with Crippen molar-refractivity contribution < 1.29 is 4.39 Å². The summed E-state index contributed by atoms with van der Waals surface area (Å²) in [5.41, 5.74) is 1.86. The van der Waals surface area contributed by atoms with Crippen LogP contribution in [0.25, 0.3) is 10.9 Å². The molecule has 0 unspecified atom stereocenters. The van der Waals surface area contributed by atoms with Gasteiger partial charge in [0.25, 0.3) is 0 Å². The maximum Gasteiger partial charge on any atom is 0.138 e. The van der Waals surface area contributed by atoms with Gasteiger partial charge in [-0.2, -0.15) is 5.10 Å². The lowest BCUT2D eigenvalue weighted by Gasteiger charge is -2.02. The summed E-state index contributed by atoms with van der Waals surface area (Å²) in [6.07, 6.45) is 1.66. The molecule has 1 aromatic carbocycles. The van der Waals surface area contributed by atoms with Crippen LogP contribution in [0.2, 0.25) is 0 Å². The normalized spacial score (nSPS) is 10.0. The first kappa shape index (κ1) is 12.2. The third-order valence-electron chi connectivity index (χ3n) is 2.10. The number of aryl methyl sites for hydroxylation is 2. The molecule has 0 saturated heterocycles. The average Bonchev–Trinajstić information content (AvgIpc) is 2.61. The highest BCUT2D eigenvalue weighted by molar-refractivity contribution is 9.10. The number of hydrogen-bond acceptors (Lipinski definition) is 1. The van der Waals surface area contributed by atoms with Gasteiger partial charge < -0.3 is 0 Å². The fourth-order valence-electron chi connectivity index (χ4n) is 1.52. The van der Waals surface area contributed by atoms with Crippen molar-refractivity contribution in [3.8, 4) is 0 Å². The minimum absolute atomic E-state index is 0.238. The number of fused-ring (bicyclic) bond motifs is 1. The van der Waals surface area contributed by atoms with E-state index in [-0.39, 0.29) is 5.82 Å². The van der Waals surface area contributed by atoms with E-state index in [4.69, 9.17) is 0 Å². The smallest absolute Gasteiger partial charge is 0.138 e. The van der Waals surface area contributed by atoms with Crippen LogP contribution >= 0.6 is 15.9 Å². The van der Waals surface area contributed by atoms with Gasteiger partial charge in [0.1, 0.15) is 5.82 Å². The highest BCUT2D eigenvalue weighted by Gasteiger charge is 2.10. The summed E-state index contributed by atoms with van der Waals surface area (Å²) < 4.78 is 15.5. The lowest BCUT2D eigenvalue weighted by atomic mass is 10.1. The van der Waals surface area contributed by atoms with Gasteiger partial charge in [-0.3, -0.25) is 4.68 Å². The van der Waals surface area contributed by atoms with Gasteiger partial charge in [-0.25, -0.2) is 4.39 Å². The standard InChI is InChI=1S/C9H8BrFN2.C2H6/c1-5-3-7(11)8(10)6-4-12-13(2)9(5)6;1-2/h3-4H,1-2H3;1-2H3. The lowest BCUT2D eigenvalue weighted by molar-refractivity contribution is 0.622. The van der Waals surface area contributed by atoms with Gasteiger partial charge in [-0.15, -0.1) is 0 Å². The Hall–Kier alpha value is -0.900. The van der Waals surface area contributed by atoms with Crippen molar-refractivity contribution in [3.05, 3.63) is 28.1 Å². The Kier molecular flexibility index (Phi) is 3.85. The quantitative estimate of drug-likeness (QED) is 0.713. The SMILES string of the molecule is CC.Cc1cc(F)c(Br)c2cnn(C)c12. The van der Waals surface area contributed by atoms with Crippen LogP contribution in [-0.2, 0) is 7.05 Å². The molecule has 0 N–H and O–H groups in total. The fraction of sp³-hybridized carbons (Fsp3) is 0.364. The molecule has 15 heavy (non-hydrogen) atoms. The van der Waals surface area contributed by atoms with E-state index in [9.17, 15) is 4.39 Å². The Morgan fingerprint density at radius 3 is 2.60 bits per heavy atom. The topological polar surface area (TPSA) is 17.8 Å². The van der Waals surface area contributed by atoms with Gasteiger partial charge in [0.15, 0.2) is 0 Å². The van der Waals surface area contributed by atoms with Gasteiger partial charge in [0, 0.05) is 12.4 Å². The molecule has 0 fully saturated rings. The summed E-state index contributed by atoms with van der Waals surface area (Å²) in [4.78, 5) is 0. The molecule has 0 radical (unpaired) electrons. The molecule has 0 aliphatic heterocycles. The van der Waals surface area contributed by atoms with Crippen LogP contribution in [0.3, 0.4) is 0 Å². The maximum absolute atomic E-state index is 13.2. The summed E-state index contributed by atoms with van der Waals surface area (Å²) in [5, 5.41) is 4.90. The largest absolute Gasteiger partial charge is 0.268 e. The molecule has 1 heterocycles. The molecule has 4 heteroatoms. The molecule has 0 bridgehead atoms. The predicted octanol–water partition coefficient (Wildman–Crippen LogP) is 3.81. The van der Waals surface area contributed by atoms with Crippen molar-refractivity contribution >= 4 is 26.8 Å². The molecule has 0 aliphatic carbocycles. The number of hydrogen-bond donors (Lipinski definition) is 0. The minimum atomic E-state index is -0.238. The molecule has 0 spiro atoms. The van der Waals surface area contributed by atoms with Gasteiger partial charge in [0.2, 0.25) is 0 Å². The Bertz CT molecular complexity index is 477. The molecule has 2 rings (SSSR count). The Balaban J connectivity index is 0.000000531. The lowest BCUT2D eigenvalue weighted by Crippen LogP contribution is -1.92. The van der Waals surface area contributed by atoms with Crippen molar-refractivity contribution in [1.82, 2.24) is 9.78 Å². The highest BCUT2D eigenvalue weighted by atomic mass is 79.9. The van der Waals surface area contributed by atoms with Gasteiger partial charge >= 0.3 is 0 Å². The zero-order chi connectivity index (χ0) is 11.6. The summed E-state index contributed by atoms with van der Waals surface area (Å²) in [6, 6.07) is 1.51. The van der Waals surface area contributed by atoms with E-state index in [0.717, 1.165) is 16.5 Å². The third kappa shape index (κ3) is 2.04. The predicted molar refractivity (Wildman–Crippen MR) is 64.5 cm³/mol. The van der Waals surface area contributed by atoms with E-state index in [1.807, 2.05) is 27.8 Å². The first-order valence-corrected chi connectivity index (χ1v) is 5.67. The molecular formula is C11H14BrFN2. The molecule has 2 aromatic rings. The molecule has 2 nitrogen and oxygen atoms in total. The number of rotatable bonds is 0. The zero-order valence-corrected chi connectivity index (χ0v) is 10.9. The molecule has 0 amide bonds. The second kappa shape index (κ2) is 4.75. The molecule has 0 aliphatic rings. The van der Waals surface area contributed by atoms with Crippen LogP contribution in [0.1, 0.15) is 19.4 Å². The van der Waals surface area contributed by atoms with E-state index >= 15 is 0 Å². The van der Waals surface area contributed by atoms with Crippen molar-refractivity contribution in [2.45, 2.75) is 20.8 Å². The first-order valence-electron chi connectivity index (χ1n) is 4.87. The number of benzene rings is 1. The zero-order valence-electron chi connectivity index (χ0n) is 9.31. The summed E-state index contributed by atoms with van der Waals surface area (Å²) in [7, 11) is 1.85. The van der Waals surface area contributed by atoms with Crippen molar-refractivity contribution in [1.29, 1.82) is 0 Å². The van der Waals surface area contributed by atoms with Crippen LogP contribution in [0.5, 0.6) is 0 Å². The Morgan fingerprint density at radius 1 is 1.40 bits per heavy atom. The van der Waals surface area contributed by atoms with E-state index < -0.39 is 0 Å². The number of halogens is 2. The Labute approximate surface area is 97.2 Å². The van der Waals surface area contributed by atoms with Crippen molar-refractivity contribution in [3.63, 3.8) is 0 Å². The van der Waals surface area contributed by atoms with Crippen LogP contribution in [0.4, 0.5) is 4.39 Å².